The summed E-state index contributed by atoms with van der Waals surface area (Å²) in [7, 11) is 0. The molecule has 0 amide bonds. The largest absolute Gasteiger partial charge is 0.389 e. The van der Waals surface area contributed by atoms with Crippen molar-refractivity contribution < 1.29 is 9.84 Å². The summed E-state index contributed by atoms with van der Waals surface area (Å²) in [4.78, 5) is 4.40. The molecule has 1 atom stereocenters. The number of nitrogens with zero attached hydrogens (tertiary/aromatic N) is 2. The Labute approximate surface area is 142 Å². The van der Waals surface area contributed by atoms with E-state index in [1.807, 2.05) is 29.1 Å². The molecule has 6 rings (SSSR count). The standard InChI is InChI=1S/C20H26N2O2/c23-17(11-22-13-21-18-3-1-2-4-19(18)22)12-24-20-8-14-5-15(9-20)7-16(6-14)10-20/h1-4,13-17,23H,5-12H2. The van der Waals surface area contributed by atoms with Gasteiger partial charge in [-0.1, -0.05) is 12.1 Å². The van der Waals surface area contributed by atoms with E-state index in [9.17, 15) is 5.11 Å². The third kappa shape index (κ3) is 2.56. The molecule has 0 spiro atoms. The van der Waals surface area contributed by atoms with Crippen molar-refractivity contribution in [3.63, 3.8) is 0 Å². The monoisotopic (exact) mass is 326 g/mol. The number of aliphatic hydroxyl groups is 1. The van der Waals surface area contributed by atoms with Crippen molar-refractivity contribution in [3.05, 3.63) is 30.6 Å². The van der Waals surface area contributed by atoms with Crippen molar-refractivity contribution in [3.8, 4) is 0 Å². The van der Waals surface area contributed by atoms with E-state index in [4.69, 9.17) is 4.74 Å². The fourth-order valence-electron chi connectivity index (χ4n) is 5.92. The van der Waals surface area contributed by atoms with Crippen LogP contribution in [-0.2, 0) is 11.3 Å². The Balaban J connectivity index is 1.24. The van der Waals surface area contributed by atoms with Gasteiger partial charge in [-0.3, -0.25) is 0 Å². The average Bonchev–Trinajstić information content (AvgIpc) is 2.95. The lowest BCUT2D eigenvalue weighted by Crippen LogP contribution is -2.52. The van der Waals surface area contributed by atoms with Crippen LogP contribution < -0.4 is 0 Å². The van der Waals surface area contributed by atoms with E-state index in [2.05, 4.69) is 11.1 Å². The molecule has 0 saturated heterocycles. The maximum atomic E-state index is 10.5. The van der Waals surface area contributed by atoms with Crippen LogP contribution in [0.3, 0.4) is 0 Å². The Bertz CT molecular complexity index is 703. The molecule has 0 radical (unpaired) electrons. The molecular weight excluding hydrogens is 300 g/mol. The summed E-state index contributed by atoms with van der Waals surface area (Å²) in [5.74, 6) is 2.64. The number of para-hydroxylation sites is 2. The van der Waals surface area contributed by atoms with Gasteiger partial charge >= 0.3 is 0 Å². The Kier molecular flexibility index (Phi) is 3.46. The van der Waals surface area contributed by atoms with E-state index in [1.54, 1.807) is 0 Å². The second-order valence-corrected chi connectivity index (χ2v) is 8.45. The van der Waals surface area contributed by atoms with Crippen LogP contribution in [0, 0.1) is 17.8 Å². The van der Waals surface area contributed by atoms with Crippen LogP contribution in [0.1, 0.15) is 38.5 Å². The summed E-state index contributed by atoms with van der Waals surface area (Å²) >= 11 is 0. The number of hydrogen-bond acceptors (Lipinski definition) is 3. The summed E-state index contributed by atoms with van der Waals surface area (Å²) in [5.41, 5.74) is 2.13. The van der Waals surface area contributed by atoms with Crippen LogP contribution in [0.2, 0.25) is 0 Å². The number of rotatable bonds is 5. The molecule has 4 nitrogen and oxygen atoms in total. The number of fused-ring (bicyclic) bond motifs is 1. The van der Waals surface area contributed by atoms with Crippen molar-refractivity contribution in [1.82, 2.24) is 9.55 Å². The minimum Gasteiger partial charge on any atom is -0.389 e. The number of ether oxygens (including phenoxy) is 1. The van der Waals surface area contributed by atoms with Crippen LogP contribution >= 0.6 is 0 Å². The summed E-state index contributed by atoms with van der Waals surface area (Å²) < 4.78 is 8.41. The first kappa shape index (κ1) is 14.9. The first-order valence-corrected chi connectivity index (χ1v) is 9.41. The predicted octanol–water partition coefficient (Wildman–Crippen LogP) is 3.38. The van der Waals surface area contributed by atoms with E-state index >= 15 is 0 Å². The Morgan fingerprint density at radius 2 is 1.79 bits per heavy atom. The molecule has 24 heavy (non-hydrogen) atoms. The van der Waals surface area contributed by atoms with Crippen molar-refractivity contribution in [2.45, 2.75) is 56.8 Å². The number of aromatic nitrogens is 2. The Morgan fingerprint density at radius 1 is 1.12 bits per heavy atom. The van der Waals surface area contributed by atoms with Gasteiger partial charge < -0.3 is 14.4 Å². The lowest BCUT2D eigenvalue weighted by Gasteiger charge is -2.56. The maximum Gasteiger partial charge on any atom is 0.0959 e. The molecule has 128 valence electrons. The van der Waals surface area contributed by atoms with E-state index in [0.29, 0.717) is 13.2 Å². The average molecular weight is 326 g/mol. The zero-order chi connectivity index (χ0) is 16.1. The Morgan fingerprint density at radius 3 is 2.50 bits per heavy atom. The molecule has 4 aliphatic rings. The van der Waals surface area contributed by atoms with Crippen LogP contribution in [0.25, 0.3) is 11.0 Å². The third-order valence-electron chi connectivity index (χ3n) is 6.50. The zero-order valence-corrected chi connectivity index (χ0v) is 14.1. The van der Waals surface area contributed by atoms with Gasteiger partial charge in [0.2, 0.25) is 0 Å². The second kappa shape index (κ2) is 5.57. The summed E-state index contributed by atoms with van der Waals surface area (Å²) in [6.45, 7) is 0.992. The normalized spacial score (nSPS) is 35.6. The smallest absolute Gasteiger partial charge is 0.0959 e. The maximum absolute atomic E-state index is 10.5. The molecule has 1 aromatic carbocycles. The van der Waals surface area contributed by atoms with Crippen molar-refractivity contribution in [2.24, 2.45) is 17.8 Å². The molecule has 0 aliphatic heterocycles. The minimum absolute atomic E-state index is 0.0761. The molecular formula is C20H26N2O2. The van der Waals surface area contributed by atoms with Crippen molar-refractivity contribution in [1.29, 1.82) is 0 Å². The van der Waals surface area contributed by atoms with Gasteiger partial charge in [0, 0.05) is 0 Å². The lowest BCUT2D eigenvalue weighted by atomic mass is 9.54. The van der Waals surface area contributed by atoms with Gasteiger partial charge in [-0.05, 0) is 68.4 Å². The third-order valence-corrected chi connectivity index (χ3v) is 6.50. The van der Waals surface area contributed by atoms with E-state index in [1.165, 1.54) is 38.5 Å². The molecule has 4 fully saturated rings. The molecule has 1 unspecified atom stereocenters. The quantitative estimate of drug-likeness (QED) is 0.916. The molecule has 1 aromatic heterocycles. The zero-order valence-electron chi connectivity index (χ0n) is 14.1. The van der Waals surface area contributed by atoms with Gasteiger partial charge in [-0.2, -0.15) is 0 Å². The van der Waals surface area contributed by atoms with Crippen LogP contribution in [0.5, 0.6) is 0 Å². The fraction of sp³-hybridized carbons (Fsp3) is 0.650. The topological polar surface area (TPSA) is 47.3 Å². The molecule has 1 N–H and O–H groups in total. The minimum atomic E-state index is -0.476. The summed E-state index contributed by atoms with van der Waals surface area (Å²) in [6, 6.07) is 8.06. The first-order chi connectivity index (χ1) is 11.7. The molecule has 2 aromatic rings. The summed E-state index contributed by atoms with van der Waals surface area (Å²) in [5, 5.41) is 10.5. The fourth-order valence-corrected chi connectivity index (χ4v) is 5.92. The molecule has 4 aliphatic carbocycles. The van der Waals surface area contributed by atoms with Crippen LogP contribution in [0.4, 0.5) is 0 Å². The molecule has 4 bridgehead atoms. The van der Waals surface area contributed by atoms with Crippen molar-refractivity contribution in [2.75, 3.05) is 6.61 Å². The van der Waals surface area contributed by atoms with Gasteiger partial charge in [-0.15, -0.1) is 0 Å². The highest BCUT2D eigenvalue weighted by Crippen LogP contribution is 2.57. The number of benzene rings is 1. The number of aliphatic hydroxyl groups excluding tert-OH is 1. The van der Waals surface area contributed by atoms with Crippen LogP contribution in [-0.4, -0.2) is 33.0 Å². The second-order valence-electron chi connectivity index (χ2n) is 8.45. The van der Waals surface area contributed by atoms with Gasteiger partial charge in [0.15, 0.2) is 0 Å². The lowest BCUT2D eigenvalue weighted by molar-refractivity contribution is -0.175. The van der Waals surface area contributed by atoms with Gasteiger partial charge in [0.25, 0.3) is 0 Å². The highest BCUT2D eigenvalue weighted by Gasteiger charge is 2.51. The van der Waals surface area contributed by atoms with Crippen molar-refractivity contribution >= 4 is 11.0 Å². The summed E-state index contributed by atoms with van der Waals surface area (Å²) in [6.07, 6.45) is 9.28. The highest BCUT2D eigenvalue weighted by molar-refractivity contribution is 5.74. The highest BCUT2D eigenvalue weighted by atomic mass is 16.5. The number of hydrogen-bond donors (Lipinski definition) is 1. The Hall–Kier alpha value is -1.39. The predicted molar refractivity (Wildman–Crippen MR) is 92.6 cm³/mol. The van der Waals surface area contributed by atoms with E-state index in [0.717, 1.165) is 28.8 Å². The molecule has 1 heterocycles. The van der Waals surface area contributed by atoms with Gasteiger partial charge in [-0.25, -0.2) is 4.98 Å². The van der Waals surface area contributed by atoms with E-state index in [-0.39, 0.29) is 5.60 Å². The molecule has 4 heteroatoms. The molecule has 4 saturated carbocycles. The van der Waals surface area contributed by atoms with E-state index < -0.39 is 6.10 Å². The number of imidazole rings is 1. The van der Waals surface area contributed by atoms with Gasteiger partial charge in [0.1, 0.15) is 0 Å². The first-order valence-electron chi connectivity index (χ1n) is 9.41. The SMILES string of the molecule is OC(COC12CC3CC(CC(C3)C1)C2)Cn1cnc2ccccc21. The van der Waals surface area contributed by atoms with Crippen LogP contribution in [0.15, 0.2) is 30.6 Å². The van der Waals surface area contributed by atoms with Gasteiger partial charge in [0.05, 0.1) is 42.2 Å².